The highest BCUT2D eigenvalue weighted by molar-refractivity contribution is 7.80. The maximum atomic E-state index is 13.0. The van der Waals surface area contributed by atoms with E-state index in [1.54, 1.807) is 7.11 Å². The average Bonchev–Trinajstić information content (AvgIpc) is 2.42. The molecule has 6 heteroatoms. The first-order chi connectivity index (χ1) is 9.99. The molecule has 0 aliphatic rings. The maximum absolute atomic E-state index is 13.0. The number of hydrogen-bond acceptors (Lipinski definition) is 2. The first kappa shape index (κ1) is 15.5. The summed E-state index contributed by atoms with van der Waals surface area (Å²) in [6.45, 7) is 1.97. The molecule has 0 unspecified atom stereocenters. The van der Waals surface area contributed by atoms with E-state index in [-0.39, 0.29) is 5.02 Å². The number of benzene rings is 2. The second-order valence-electron chi connectivity index (χ2n) is 4.41. The van der Waals surface area contributed by atoms with Crippen LogP contribution >= 0.6 is 23.8 Å². The van der Waals surface area contributed by atoms with Crippen LogP contribution in [-0.2, 0) is 0 Å². The van der Waals surface area contributed by atoms with Gasteiger partial charge in [0.1, 0.15) is 11.6 Å². The number of hydrogen-bond donors (Lipinski definition) is 2. The number of anilines is 2. The van der Waals surface area contributed by atoms with Crippen molar-refractivity contribution < 1.29 is 9.13 Å². The van der Waals surface area contributed by atoms with Gasteiger partial charge in [-0.1, -0.05) is 17.7 Å². The minimum atomic E-state index is -0.398. The fourth-order valence-electron chi connectivity index (χ4n) is 1.79. The summed E-state index contributed by atoms with van der Waals surface area (Å²) in [5.74, 6) is 0.278. The predicted octanol–water partition coefficient (Wildman–Crippen LogP) is 4.61. The Kier molecular flexibility index (Phi) is 4.98. The van der Waals surface area contributed by atoms with Crippen molar-refractivity contribution in [3.05, 3.63) is 52.8 Å². The third-order valence-electron chi connectivity index (χ3n) is 2.78. The lowest BCUT2D eigenvalue weighted by molar-refractivity contribution is 0.417. The summed E-state index contributed by atoms with van der Waals surface area (Å²) in [6, 6.07) is 9.77. The van der Waals surface area contributed by atoms with Crippen LogP contribution in [0.25, 0.3) is 0 Å². The first-order valence-corrected chi connectivity index (χ1v) is 6.96. The molecule has 2 aromatic rings. The molecular weight excluding hydrogens is 311 g/mol. The molecule has 0 fully saturated rings. The van der Waals surface area contributed by atoms with E-state index in [0.29, 0.717) is 16.5 Å². The zero-order valence-electron chi connectivity index (χ0n) is 11.5. The average molecular weight is 325 g/mol. The Labute approximate surface area is 133 Å². The van der Waals surface area contributed by atoms with Crippen LogP contribution in [0.4, 0.5) is 15.8 Å². The Hall–Kier alpha value is -1.85. The van der Waals surface area contributed by atoms with Gasteiger partial charge in [-0.2, -0.15) is 0 Å². The van der Waals surface area contributed by atoms with E-state index < -0.39 is 5.82 Å². The van der Waals surface area contributed by atoms with E-state index >= 15 is 0 Å². The van der Waals surface area contributed by atoms with E-state index in [2.05, 4.69) is 10.6 Å². The van der Waals surface area contributed by atoms with E-state index in [4.69, 9.17) is 28.6 Å². The highest BCUT2D eigenvalue weighted by Crippen LogP contribution is 2.26. The Balaban J connectivity index is 2.13. The molecule has 0 atom stereocenters. The van der Waals surface area contributed by atoms with Crippen molar-refractivity contribution in [3.63, 3.8) is 0 Å². The summed E-state index contributed by atoms with van der Waals surface area (Å²) < 4.78 is 18.3. The van der Waals surface area contributed by atoms with Crippen LogP contribution in [0.3, 0.4) is 0 Å². The van der Waals surface area contributed by atoms with Crippen LogP contribution < -0.4 is 15.4 Å². The van der Waals surface area contributed by atoms with Gasteiger partial charge in [-0.05, 0) is 55.0 Å². The Morgan fingerprint density at radius 3 is 2.52 bits per heavy atom. The van der Waals surface area contributed by atoms with Crippen molar-refractivity contribution in [2.24, 2.45) is 0 Å². The highest BCUT2D eigenvalue weighted by Gasteiger charge is 2.07. The lowest BCUT2D eigenvalue weighted by Gasteiger charge is -2.14. The molecular formula is C15H14ClFN2OS. The molecule has 2 rings (SSSR count). The summed E-state index contributed by atoms with van der Waals surface area (Å²) >= 11 is 11.2. The minimum absolute atomic E-state index is 0.260. The molecule has 2 aromatic carbocycles. The third kappa shape index (κ3) is 4.06. The number of nitrogens with one attached hydrogen (secondary N) is 2. The number of thiocarbonyl (C=S) groups is 1. The van der Waals surface area contributed by atoms with E-state index in [9.17, 15) is 4.39 Å². The van der Waals surface area contributed by atoms with Gasteiger partial charge in [0, 0.05) is 0 Å². The van der Waals surface area contributed by atoms with Crippen LogP contribution in [0.5, 0.6) is 5.75 Å². The summed E-state index contributed by atoms with van der Waals surface area (Å²) in [5, 5.41) is 6.56. The lowest BCUT2D eigenvalue weighted by atomic mass is 10.2. The molecule has 0 bridgehead atoms. The van der Waals surface area contributed by atoms with E-state index in [1.165, 1.54) is 18.2 Å². The molecule has 0 saturated carbocycles. The van der Waals surface area contributed by atoms with Crippen LogP contribution in [0.1, 0.15) is 5.56 Å². The van der Waals surface area contributed by atoms with Gasteiger partial charge in [0.2, 0.25) is 0 Å². The molecule has 21 heavy (non-hydrogen) atoms. The predicted molar refractivity (Wildman–Crippen MR) is 89.0 cm³/mol. The quantitative estimate of drug-likeness (QED) is 0.808. The molecule has 0 saturated heterocycles. The van der Waals surface area contributed by atoms with Crippen LogP contribution in [0.2, 0.25) is 5.02 Å². The topological polar surface area (TPSA) is 33.3 Å². The molecule has 0 spiro atoms. The largest absolute Gasteiger partial charge is 0.495 e. The third-order valence-corrected chi connectivity index (χ3v) is 3.30. The normalized spacial score (nSPS) is 10.1. The van der Waals surface area contributed by atoms with Gasteiger partial charge in [0.25, 0.3) is 0 Å². The van der Waals surface area contributed by atoms with Crippen molar-refractivity contribution in [1.29, 1.82) is 0 Å². The van der Waals surface area contributed by atoms with Crippen LogP contribution in [0, 0.1) is 12.7 Å². The number of halogens is 2. The number of aryl methyl sites for hydroxylation is 1. The second-order valence-corrected chi connectivity index (χ2v) is 5.22. The molecule has 110 valence electrons. The summed E-state index contributed by atoms with van der Waals surface area (Å²) in [6.07, 6.45) is 0. The summed E-state index contributed by atoms with van der Waals surface area (Å²) in [4.78, 5) is 0. The van der Waals surface area contributed by atoms with Gasteiger partial charge < -0.3 is 15.4 Å². The van der Waals surface area contributed by atoms with Crippen molar-refractivity contribution in [3.8, 4) is 5.75 Å². The summed E-state index contributed by atoms with van der Waals surface area (Å²) in [7, 11) is 1.59. The minimum Gasteiger partial charge on any atom is -0.495 e. The Morgan fingerprint density at radius 2 is 1.86 bits per heavy atom. The molecule has 3 nitrogen and oxygen atoms in total. The van der Waals surface area contributed by atoms with Crippen LogP contribution in [0.15, 0.2) is 36.4 Å². The fraction of sp³-hybridized carbons (Fsp3) is 0.133. The van der Waals surface area contributed by atoms with E-state index in [0.717, 1.165) is 11.3 Å². The zero-order chi connectivity index (χ0) is 15.4. The van der Waals surface area contributed by atoms with Gasteiger partial charge in [-0.25, -0.2) is 4.39 Å². The van der Waals surface area contributed by atoms with Gasteiger partial charge in [0.15, 0.2) is 5.11 Å². The molecule has 0 radical (unpaired) electrons. The first-order valence-electron chi connectivity index (χ1n) is 6.17. The standard InChI is InChI=1S/C15H14ClFN2OS/c1-9-3-6-14(20-2)13(7-9)19-15(21)18-12-5-4-10(17)8-11(12)16/h3-8H,1-2H3,(H2,18,19,21). The van der Waals surface area contributed by atoms with Crippen molar-refractivity contribution in [2.75, 3.05) is 17.7 Å². The zero-order valence-corrected chi connectivity index (χ0v) is 13.1. The monoisotopic (exact) mass is 324 g/mol. The Bertz CT molecular complexity index is 679. The molecule has 0 aromatic heterocycles. The number of rotatable bonds is 3. The van der Waals surface area contributed by atoms with Crippen molar-refractivity contribution >= 4 is 40.3 Å². The maximum Gasteiger partial charge on any atom is 0.175 e. The molecule has 0 aliphatic carbocycles. The summed E-state index contributed by atoms with van der Waals surface area (Å²) in [5.41, 5.74) is 2.34. The van der Waals surface area contributed by atoms with Gasteiger partial charge >= 0.3 is 0 Å². The van der Waals surface area contributed by atoms with Crippen molar-refractivity contribution in [1.82, 2.24) is 0 Å². The molecule has 0 aliphatic heterocycles. The fourth-order valence-corrected chi connectivity index (χ4v) is 2.22. The highest BCUT2D eigenvalue weighted by atomic mass is 35.5. The number of methoxy groups -OCH3 is 1. The smallest absolute Gasteiger partial charge is 0.175 e. The van der Waals surface area contributed by atoms with Gasteiger partial charge in [-0.3, -0.25) is 0 Å². The number of ether oxygens (including phenoxy) is 1. The lowest BCUT2D eigenvalue weighted by Crippen LogP contribution is -2.19. The van der Waals surface area contributed by atoms with Crippen LogP contribution in [-0.4, -0.2) is 12.2 Å². The van der Waals surface area contributed by atoms with Gasteiger partial charge in [0.05, 0.1) is 23.5 Å². The Morgan fingerprint density at radius 1 is 1.14 bits per heavy atom. The molecule has 2 N–H and O–H groups in total. The molecule has 0 amide bonds. The van der Waals surface area contributed by atoms with Crippen molar-refractivity contribution in [2.45, 2.75) is 6.92 Å². The SMILES string of the molecule is COc1ccc(C)cc1NC(=S)Nc1ccc(F)cc1Cl. The van der Waals surface area contributed by atoms with Gasteiger partial charge in [-0.15, -0.1) is 0 Å². The second kappa shape index (κ2) is 6.74. The molecule has 0 heterocycles. The van der Waals surface area contributed by atoms with E-state index in [1.807, 2.05) is 25.1 Å².